The van der Waals surface area contributed by atoms with Gasteiger partial charge in [0.15, 0.2) is 0 Å². The molecule has 1 fully saturated rings. The van der Waals surface area contributed by atoms with Crippen molar-refractivity contribution in [3.8, 4) is 0 Å². The number of aromatic nitrogens is 1. The summed E-state index contributed by atoms with van der Waals surface area (Å²) in [6.07, 6.45) is 3.80. The first kappa shape index (κ1) is 14.8. The van der Waals surface area contributed by atoms with Crippen molar-refractivity contribution in [2.24, 2.45) is 11.3 Å². The molecule has 1 aliphatic rings. The summed E-state index contributed by atoms with van der Waals surface area (Å²) in [7, 11) is 0. The smallest absolute Gasteiger partial charge is 0.337 e. The van der Waals surface area contributed by atoms with Gasteiger partial charge in [-0.1, -0.05) is 20.8 Å². The molecule has 0 unspecified atom stereocenters. The summed E-state index contributed by atoms with van der Waals surface area (Å²) in [5.41, 5.74) is 1.57. The fourth-order valence-corrected chi connectivity index (χ4v) is 2.97. The van der Waals surface area contributed by atoms with Gasteiger partial charge < -0.3 is 10.0 Å². The monoisotopic (exact) mass is 276 g/mol. The molecule has 2 heterocycles. The predicted octanol–water partition coefficient (Wildman–Crippen LogP) is 3.35. The number of anilines is 1. The van der Waals surface area contributed by atoms with Gasteiger partial charge in [0.1, 0.15) is 5.82 Å². The van der Waals surface area contributed by atoms with Crippen molar-refractivity contribution in [2.75, 3.05) is 18.0 Å². The highest BCUT2D eigenvalue weighted by molar-refractivity contribution is 5.87. The largest absolute Gasteiger partial charge is 0.478 e. The highest BCUT2D eigenvalue weighted by Gasteiger charge is 2.29. The molecule has 4 nitrogen and oxygen atoms in total. The zero-order chi connectivity index (χ0) is 14.9. The zero-order valence-electron chi connectivity index (χ0n) is 12.8. The maximum atomic E-state index is 10.9. The third-order valence-corrected chi connectivity index (χ3v) is 4.32. The van der Waals surface area contributed by atoms with Gasteiger partial charge in [0.2, 0.25) is 0 Å². The molecule has 1 aromatic rings. The van der Waals surface area contributed by atoms with E-state index in [4.69, 9.17) is 5.11 Å². The predicted molar refractivity (Wildman–Crippen MR) is 80.3 cm³/mol. The minimum absolute atomic E-state index is 0.260. The maximum Gasteiger partial charge on any atom is 0.337 e. The van der Waals surface area contributed by atoms with Crippen LogP contribution < -0.4 is 4.90 Å². The van der Waals surface area contributed by atoms with E-state index < -0.39 is 5.97 Å². The molecule has 1 N–H and O–H groups in total. The molecule has 0 atom stereocenters. The van der Waals surface area contributed by atoms with Gasteiger partial charge in [0.25, 0.3) is 0 Å². The van der Waals surface area contributed by atoms with Gasteiger partial charge >= 0.3 is 5.97 Å². The lowest BCUT2D eigenvalue weighted by molar-refractivity contribution is 0.0696. The Morgan fingerprint density at radius 3 is 2.40 bits per heavy atom. The van der Waals surface area contributed by atoms with Crippen molar-refractivity contribution in [1.29, 1.82) is 0 Å². The molecule has 0 amide bonds. The number of piperidine rings is 1. The highest BCUT2D eigenvalue weighted by Crippen LogP contribution is 2.35. The van der Waals surface area contributed by atoms with E-state index >= 15 is 0 Å². The summed E-state index contributed by atoms with van der Waals surface area (Å²) in [4.78, 5) is 17.6. The number of carbonyl (C=O) groups is 1. The normalized spacial score (nSPS) is 17.3. The average molecular weight is 276 g/mol. The average Bonchev–Trinajstić information content (AvgIpc) is 2.37. The summed E-state index contributed by atoms with van der Waals surface area (Å²) >= 11 is 0. The molecule has 0 bridgehead atoms. The summed E-state index contributed by atoms with van der Waals surface area (Å²) < 4.78 is 0. The van der Waals surface area contributed by atoms with Crippen LogP contribution in [0.1, 0.15) is 49.5 Å². The van der Waals surface area contributed by atoms with Crippen molar-refractivity contribution in [1.82, 2.24) is 4.98 Å². The van der Waals surface area contributed by atoms with Crippen LogP contribution in [0, 0.1) is 18.3 Å². The Kier molecular flexibility index (Phi) is 4.02. The van der Waals surface area contributed by atoms with Gasteiger partial charge in [0.05, 0.1) is 5.56 Å². The van der Waals surface area contributed by atoms with E-state index in [1.165, 1.54) is 19.0 Å². The summed E-state index contributed by atoms with van der Waals surface area (Å²) in [5.74, 6) is 0.762. The van der Waals surface area contributed by atoms with E-state index in [9.17, 15) is 4.79 Å². The standard InChI is InChI=1S/C16H24N2O2/c1-11-9-12(15(19)20)10-17-14(11)18-7-5-13(6-8-18)16(2,3)4/h9-10,13H,5-8H2,1-4H3,(H,19,20). The maximum absolute atomic E-state index is 10.9. The highest BCUT2D eigenvalue weighted by atomic mass is 16.4. The minimum Gasteiger partial charge on any atom is -0.478 e. The molecular formula is C16H24N2O2. The second kappa shape index (κ2) is 5.43. The molecule has 0 saturated carbocycles. The van der Waals surface area contributed by atoms with Gasteiger partial charge in [0, 0.05) is 19.3 Å². The molecule has 4 heteroatoms. The SMILES string of the molecule is Cc1cc(C(=O)O)cnc1N1CCC(C(C)(C)C)CC1. The van der Waals surface area contributed by atoms with Gasteiger partial charge in [-0.3, -0.25) is 0 Å². The van der Waals surface area contributed by atoms with Crippen molar-refractivity contribution < 1.29 is 9.90 Å². The summed E-state index contributed by atoms with van der Waals surface area (Å²) in [5, 5.41) is 8.98. The van der Waals surface area contributed by atoms with Gasteiger partial charge in [-0.2, -0.15) is 0 Å². The van der Waals surface area contributed by atoms with E-state index in [1.54, 1.807) is 6.07 Å². The Bertz CT molecular complexity index is 498. The first-order valence-corrected chi connectivity index (χ1v) is 7.24. The van der Waals surface area contributed by atoms with E-state index in [0.29, 0.717) is 5.41 Å². The van der Waals surface area contributed by atoms with E-state index in [-0.39, 0.29) is 5.56 Å². The van der Waals surface area contributed by atoms with E-state index in [2.05, 4.69) is 30.7 Å². The Hall–Kier alpha value is -1.58. The summed E-state index contributed by atoms with van der Waals surface area (Å²) in [6.45, 7) is 10.9. The van der Waals surface area contributed by atoms with Crippen LogP contribution in [0.3, 0.4) is 0 Å². The van der Waals surface area contributed by atoms with Crippen LogP contribution in [0.15, 0.2) is 12.3 Å². The Morgan fingerprint density at radius 1 is 1.35 bits per heavy atom. The molecule has 1 aliphatic heterocycles. The topological polar surface area (TPSA) is 53.4 Å². The number of pyridine rings is 1. The lowest BCUT2D eigenvalue weighted by Gasteiger charge is -2.39. The lowest BCUT2D eigenvalue weighted by atomic mass is 9.75. The molecule has 0 aliphatic carbocycles. The van der Waals surface area contributed by atoms with Crippen LogP contribution >= 0.6 is 0 Å². The van der Waals surface area contributed by atoms with E-state index in [0.717, 1.165) is 30.4 Å². The first-order chi connectivity index (χ1) is 9.29. The Balaban J connectivity index is 2.09. The van der Waals surface area contributed by atoms with Crippen molar-refractivity contribution in [3.05, 3.63) is 23.4 Å². The van der Waals surface area contributed by atoms with Crippen LogP contribution in [-0.2, 0) is 0 Å². The zero-order valence-corrected chi connectivity index (χ0v) is 12.8. The number of nitrogens with zero attached hydrogens (tertiary/aromatic N) is 2. The van der Waals surface area contributed by atoms with Crippen LogP contribution in [0.2, 0.25) is 0 Å². The molecule has 0 aromatic carbocycles. The molecule has 2 rings (SSSR count). The lowest BCUT2D eigenvalue weighted by Crippen LogP contribution is -2.38. The van der Waals surface area contributed by atoms with Crippen LogP contribution in [-0.4, -0.2) is 29.1 Å². The fourth-order valence-electron chi connectivity index (χ4n) is 2.97. The van der Waals surface area contributed by atoms with Crippen molar-refractivity contribution in [3.63, 3.8) is 0 Å². The first-order valence-electron chi connectivity index (χ1n) is 7.24. The third kappa shape index (κ3) is 3.11. The minimum atomic E-state index is -0.918. The molecular weight excluding hydrogens is 252 g/mol. The number of carboxylic acid groups (broad SMARTS) is 1. The Labute approximate surface area is 120 Å². The fraction of sp³-hybridized carbons (Fsp3) is 0.625. The molecule has 1 aromatic heterocycles. The Morgan fingerprint density at radius 2 is 1.95 bits per heavy atom. The van der Waals surface area contributed by atoms with Crippen LogP contribution in [0.4, 0.5) is 5.82 Å². The number of rotatable bonds is 2. The number of hydrogen-bond donors (Lipinski definition) is 1. The molecule has 110 valence electrons. The van der Waals surface area contributed by atoms with Crippen LogP contribution in [0.5, 0.6) is 0 Å². The quantitative estimate of drug-likeness (QED) is 0.900. The van der Waals surface area contributed by atoms with Crippen molar-refractivity contribution >= 4 is 11.8 Å². The van der Waals surface area contributed by atoms with Gasteiger partial charge in [-0.15, -0.1) is 0 Å². The second-order valence-corrected chi connectivity index (χ2v) is 6.80. The number of hydrogen-bond acceptors (Lipinski definition) is 3. The second-order valence-electron chi connectivity index (χ2n) is 6.80. The van der Waals surface area contributed by atoms with Gasteiger partial charge in [-0.25, -0.2) is 9.78 Å². The van der Waals surface area contributed by atoms with Crippen molar-refractivity contribution in [2.45, 2.75) is 40.5 Å². The van der Waals surface area contributed by atoms with Gasteiger partial charge in [-0.05, 0) is 42.7 Å². The molecule has 0 spiro atoms. The molecule has 20 heavy (non-hydrogen) atoms. The summed E-state index contributed by atoms with van der Waals surface area (Å²) in [6, 6.07) is 1.71. The number of aromatic carboxylic acids is 1. The van der Waals surface area contributed by atoms with Crippen LogP contribution in [0.25, 0.3) is 0 Å². The number of aryl methyl sites for hydroxylation is 1. The van der Waals surface area contributed by atoms with E-state index in [1.807, 2.05) is 6.92 Å². The molecule has 1 saturated heterocycles. The molecule has 0 radical (unpaired) electrons. The third-order valence-electron chi connectivity index (χ3n) is 4.32. The number of carboxylic acids is 1.